The Bertz CT molecular complexity index is 180. The minimum Gasteiger partial charge on any atom is -0.378 e. The number of morpholine rings is 1. The van der Waals surface area contributed by atoms with Crippen LogP contribution < -0.4 is 5.32 Å². The van der Waals surface area contributed by atoms with Crippen LogP contribution in [0.1, 0.15) is 32.6 Å². The summed E-state index contributed by atoms with van der Waals surface area (Å²) in [7, 11) is 0. The molecule has 0 aromatic heterocycles. The van der Waals surface area contributed by atoms with Crippen LogP contribution in [0.2, 0.25) is 0 Å². The van der Waals surface area contributed by atoms with Gasteiger partial charge in [0.2, 0.25) is 0 Å². The van der Waals surface area contributed by atoms with Gasteiger partial charge in [-0.1, -0.05) is 13.3 Å². The van der Waals surface area contributed by atoms with Gasteiger partial charge in [-0.25, -0.2) is 0 Å². The summed E-state index contributed by atoms with van der Waals surface area (Å²) in [4.78, 5) is 2.62. The first-order chi connectivity index (χ1) is 7.40. The van der Waals surface area contributed by atoms with Crippen LogP contribution in [0.3, 0.4) is 0 Å². The highest BCUT2D eigenvalue weighted by molar-refractivity contribution is 4.81. The monoisotopic (exact) mass is 212 g/mol. The second kappa shape index (κ2) is 5.83. The fourth-order valence-corrected chi connectivity index (χ4v) is 2.67. The Morgan fingerprint density at radius 2 is 2.33 bits per heavy atom. The van der Waals surface area contributed by atoms with Gasteiger partial charge in [-0.3, -0.25) is 4.90 Å². The van der Waals surface area contributed by atoms with Crippen LogP contribution in [0.15, 0.2) is 0 Å². The lowest BCUT2D eigenvalue weighted by Gasteiger charge is -2.38. The molecule has 2 fully saturated rings. The molecule has 0 saturated carbocycles. The van der Waals surface area contributed by atoms with Gasteiger partial charge < -0.3 is 10.1 Å². The van der Waals surface area contributed by atoms with E-state index in [1.807, 2.05) is 0 Å². The molecule has 0 amide bonds. The van der Waals surface area contributed by atoms with Crippen LogP contribution in [0.25, 0.3) is 0 Å². The maximum atomic E-state index is 5.53. The molecular weight excluding hydrogens is 188 g/mol. The number of rotatable bonds is 3. The molecular formula is C12H24N2O. The molecule has 1 N–H and O–H groups in total. The Morgan fingerprint density at radius 3 is 3.07 bits per heavy atom. The zero-order chi connectivity index (χ0) is 10.5. The highest BCUT2D eigenvalue weighted by Gasteiger charge is 2.24. The van der Waals surface area contributed by atoms with Crippen LogP contribution >= 0.6 is 0 Å². The first-order valence-corrected chi connectivity index (χ1v) is 6.45. The molecule has 15 heavy (non-hydrogen) atoms. The molecule has 2 aliphatic rings. The van der Waals surface area contributed by atoms with Gasteiger partial charge in [0.15, 0.2) is 0 Å². The Morgan fingerprint density at radius 1 is 1.40 bits per heavy atom. The molecule has 2 heterocycles. The summed E-state index contributed by atoms with van der Waals surface area (Å²) in [5.41, 5.74) is 0. The van der Waals surface area contributed by atoms with Crippen molar-refractivity contribution in [2.75, 3.05) is 32.8 Å². The lowest BCUT2D eigenvalue weighted by molar-refractivity contribution is -0.0136. The molecule has 0 aromatic carbocycles. The van der Waals surface area contributed by atoms with E-state index in [-0.39, 0.29) is 0 Å². The second-order valence-electron chi connectivity index (χ2n) is 4.78. The van der Waals surface area contributed by atoms with Gasteiger partial charge in [0.25, 0.3) is 0 Å². The van der Waals surface area contributed by atoms with Crippen molar-refractivity contribution in [2.45, 2.75) is 44.7 Å². The SMILES string of the molecule is CCC1COCCN1CC1CCCCN1. The third-order valence-corrected chi connectivity index (χ3v) is 3.69. The number of ether oxygens (including phenoxy) is 1. The predicted octanol–water partition coefficient (Wildman–Crippen LogP) is 1.24. The van der Waals surface area contributed by atoms with Crippen LogP contribution in [0, 0.1) is 0 Å². The fraction of sp³-hybridized carbons (Fsp3) is 1.00. The maximum absolute atomic E-state index is 5.53. The van der Waals surface area contributed by atoms with Crippen LogP contribution in [-0.2, 0) is 4.74 Å². The topological polar surface area (TPSA) is 24.5 Å². The molecule has 0 radical (unpaired) electrons. The average Bonchev–Trinajstić information content (AvgIpc) is 2.31. The first kappa shape index (κ1) is 11.4. The highest BCUT2D eigenvalue weighted by Crippen LogP contribution is 2.14. The zero-order valence-electron chi connectivity index (χ0n) is 9.87. The van der Waals surface area contributed by atoms with Crippen molar-refractivity contribution in [1.29, 1.82) is 0 Å². The molecule has 0 aromatic rings. The molecule has 2 rings (SSSR count). The van der Waals surface area contributed by atoms with Crippen molar-refractivity contribution in [1.82, 2.24) is 10.2 Å². The summed E-state index contributed by atoms with van der Waals surface area (Å²) in [6.45, 7) is 7.68. The minimum absolute atomic E-state index is 0.655. The number of piperidine rings is 1. The van der Waals surface area contributed by atoms with Gasteiger partial charge in [0.05, 0.1) is 13.2 Å². The Labute approximate surface area is 93.2 Å². The van der Waals surface area contributed by atoms with Crippen LogP contribution in [0.4, 0.5) is 0 Å². The lowest BCUT2D eigenvalue weighted by atomic mass is 10.0. The summed E-state index contributed by atoms with van der Waals surface area (Å²) < 4.78 is 5.53. The van der Waals surface area contributed by atoms with E-state index in [2.05, 4.69) is 17.1 Å². The van der Waals surface area contributed by atoms with Crippen LogP contribution in [-0.4, -0.2) is 49.8 Å². The minimum atomic E-state index is 0.655. The quantitative estimate of drug-likeness (QED) is 0.762. The molecule has 3 heteroatoms. The summed E-state index contributed by atoms with van der Waals surface area (Å²) in [5.74, 6) is 0. The Hall–Kier alpha value is -0.120. The number of hydrogen-bond donors (Lipinski definition) is 1. The Kier molecular flexibility index (Phi) is 4.42. The molecule has 0 spiro atoms. The second-order valence-corrected chi connectivity index (χ2v) is 4.78. The normalized spacial score (nSPS) is 34.2. The molecule has 88 valence electrons. The third-order valence-electron chi connectivity index (χ3n) is 3.69. The fourth-order valence-electron chi connectivity index (χ4n) is 2.67. The van der Waals surface area contributed by atoms with Gasteiger partial charge in [-0.15, -0.1) is 0 Å². The largest absolute Gasteiger partial charge is 0.378 e. The molecule has 3 nitrogen and oxygen atoms in total. The van der Waals surface area contributed by atoms with Gasteiger partial charge in [-0.2, -0.15) is 0 Å². The van der Waals surface area contributed by atoms with Crippen molar-refractivity contribution in [3.05, 3.63) is 0 Å². The van der Waals surface area contributed by atoms with E-state index in [0.717, 1.165) is 25.8 Å². The van der Waals surface area contributed by atoms with E-state index < -0.39 is 0 Å². The predicted molar refractivity (Wildman–Crippen MR) is 62.1 cm³/mol. The summed E-state index contributed by atoms with van der Waals surface area (Å²) >= 11 is 0. The number of hydrogen-bond acceptors (Lipinski definition) is 3. The molecule has 2 unspecified atom stereocenters. The number of nitrogens with one attached hydrogen (secondary N) is 1. The average molecular weight is 212 g/mol. The molecule has 2 saturated heterocycles. The van der Waals surface area contributed by atoms with E-state index in [4.69, 9.17) is 4.74 Å². The van der Waals surface area contributed by atoms with Gasteiger partial charge in [0, 0.05) is 25.2 Å². The van der Waals surface area contributed by atoms with Crippen LogP contribution in [0.5, 0.6) is 0 Å². The van der Waals surface area contributed by atoms with Gasteiger partial charge in [-0.05, 0) is 25.8 Å². The molecule has 0 bridgehead atoms. The Balaban J connectivity index is 1.79. The third kappa shape index (κ3) is 3.16. The zero-order valence-corrected chi connectivity index (χ0v) is 9.87. The van der Waals surface area contributed by atoms with E-state index in [1.54, 1.807) is 0 Å². The summed E-state index contributed by atoms with van der Waals surface area (Å²) in [6.07, 6.45) is 5.33. The maximum Gasteiger partial charge on any atom is 0.0622 e. The van der Waals surface area contributed by atoms with Crippen molar-refractivity contribution < 1.29 is 4.74 Å². The first-order valence-electron chi connectivity index (χ1n) is 6.45. The smallest absolute Gasteiger partial charge is 0.0622 e. The summed E-state index contributed by atoms with van der Waals surface area (Å²) in [5, 5.41) is 3.63. The number of nitrogens with zero attached hydrogens (tertiary/aromatic N) is 1. The standard InChI is InChI=1S/C12H24N2O/c1-2-12-10-15-8-7-14(12)9-11-5-3-4-6-13-11/h11-13H,2-10H2,1H3. The van der Waals surface area contributed by atoms with Gasteiger partial charge in [0.1, 0.15) is 0 Å². The molecule has 2 aliphatic heterocycles. The van der Waals surface area contributed by atoms with E-state index in [1.165, 1.54) is 38.8 Å². The van der Waals surface area contributed by atoms with Crippen molar-refractivity contribution in [3.63, 3.8) is 0 Å². The molecule has 0 aliphatic carbocycles. The van der Waals surface area contributed by atoms with Gasteiger partial charge >= 0.3 is 0 Å². The summed E-state index contributed by atoms with van der Waals surface area (Å²) in [6, 6.07) is 1.38. The van der Waals surface area contributed by atoms with Crippen molar-refractivity contribution in [3.8, 4) is 0 Å². The molecule has 2 atom stereocenters. The van der Waals surface area contributed by atoms with E-state index >= 15 is 0 Å². The van der Waals surface area contributed by atoms with Crippen molar-refractivity contribution in [2.24, 2.45) is 0 Å². The highest BCUT2D eigenvalue weighted by atomic mass is 16.5. The van der Waals surface area contributed by atoms with E-state index in [0.29, 0.717) is 6.04 Å². The van der Waals surface area contributed by atoms with Crippen molar-refractivity contribution >= 4 is 0 Å². The lowest BCUT2D eigenvalue weighted by Crippen LogP contribution is -2.51. The van der Waals surface area contributed by atoms with E-state index in [9.17, 15) is 0 Å².